The average molecular weight is 757 g/mol. The Balaban J connectivity index is 1.47. The van der Waals surface area contributed by atoms with Gasteiger partial charge in [-0.25, -0.2) is 0 Å². The minimum atomic E-state index is -2.34. The minimum Gasteiger partial charge on any atom is -0.423 e. The van der Waals surface area contributed by atoms with Crippen molar-refractivity contribution < 1.29 is 38.1 Å². The van der Waals surface area contributed by atoms with Crippen LogP contribution in [0.3, 0.4) is 0 Å². The van der Waals surface area contributed by atoms with Gasteiger partial charge in [-0.15, -0.1) is 0 Å². The van der Waals surface area contributed by atoms with Crippen molar-refractivity contribution in [1.82, 2.24) is 9.80 Å². The van der Waals surface area contributed by atoms with Gasteiger partial charge in [0.25, 0.3) is 0 Å². The third-order valence-electron chi connectivity index (χ3n) is 8.83. The van der Waals surface area contributed by atoms with E-state index >= 15 is 0 Å². The summed E-state index contributed by atoms with van der Waals surface area (Å²) in [6.45, 7) is 8.64. The van der Waals surface area contributed by atoms with E-state index in [-0.39, 0.29) is 30.3 Å². The van der Waals surface area contributed by atoms with E-state index in [0.717, 1.165) is 25.4 Å². The number of esters is 2. The summed E-state index contributed by atoms with van der Waals surface area (Å²) in [7, 11) is -0.717. The first kappa shape index (κ1) is 41.5. The summed E-state index contributed by atoms with van der Waals surface area (Å²) >= 11 is 0. The van der Waals surface area contributed by atoms with Gasteiger partial charge in [-0.05, 0) is 20.8 Å². The summed E-state index contributed by atoms with van der Waals surface area (Å²) in [4.78, 5) is 52.6. The van der Waals surface area contributed by atoms with Crippen LogP contribution < -0.4 is 30.1 Å². The Morgan fingerprint density at radius 1 is 0.574 bits per heavy atom. The van der Waals surface area contributed by atoms with Crippen molar-refractivity contribution in [2.24, 2.45) is 0 Å². The van der Waals surface area contributed by atoms with E-state index in [1.165, 1.54) is 52.9 Å². The predicted octanol–water partition coefficient (Wildman–Crippen LogP) is 7.49. The molecule has 11 heteroatoms. The SMILES string of the molecule is CC(=O)Oc1ccc(OC(=O)N(CCCCCC[PH](c2ccccc2)(c2ccccc2)c2ccccc2)CCN(C)C(=O)OC(C)(C)C)cc1OC(C)=O. The Labute approximate surface area is 319 Å². The first-order chi connectivity index (χ1) is 25.8. The first-order valence-corrected chi connectivity index (χ1v) is 20.6. The van der Waals surface area contributed by atoms with E-state index in [9.17, 15) is 19.2 Å². The maximum atomic E-state index is 13.6. The van der Waals surface area contributed by atoms with E-state index in [1.807, 2.05) is 0 Å². The molecular formula is C43H53N2O8P. The molecule has 4 aromatic carbocycles. The molecule has 0 aliphatic heterocycles. The van der Waals surface area contributed by atoms with Crippen LogP contribution in [0.2, 0.25) is 0 Å². The van der Waals surface area contributed by atoms with Crippen LogP contribution in [0.1, 0.15) is 60.3 Å². The van der Waals surface area contributed by atoms with E-state index in [0.29, 0.717) is 13.0 Å². The number of carbonyl (C=O) groups excluding carboxylic acids is 4. The van der Waals surface area contributed by atoms with Gasteiger partial charge in [0.1, 0.15) is 5.60 Å². The zero-order chi connectivity index (χ0) is 39.1. The number of nitrogens with zero attached hydrogens (tertiary/aromatic N) is 2. The molecule has 0 spiro atoms. The van der Waals surface area contributed by atoms with Gasteiger partial charge >= 0.3 is 255 Å². The van der Waals surface area contributed by atoms with Crippen LogP contribution in [-0.2, 0) is 14.3 Å². The molecular weight excluding hydrogens is 703 g/mol. The minimum absolute atomic E-state index is 0.0206. The first-order valence-electron chi connectivity index (χ1n) is 18.4. The number of amides is 2. The van der Waals surface area contributed by atoms with Gasteiger partial charge in [0.2, 0.25) is 0 Å². The zero-order valence-electron chi connectivity index (χ0n) is 32.2. The smallest absolute Gasteiger partial charge is 0.423 e. The normalized spacial score (nSPS) is 11.6. The molecule has 0 bridgehead atoms. The summed E-state index contributed by atoms with van der Waals surface area (Å²) in [5.41, 5.74) is -0.663. The summed E-state index contributed by atoms with van der Waals surface area (Å²) in [5.74, 6) is -1.16. The number of hydrogen-bond donors (Lipinski definition) is 0. The summed E-state index contributed by atoms with van der Waals surface area (Å²) in [6.07, 6.45) is 3.46. The zero-order valence-corrected chi connectivity index (χ0v) is 33.2. The van der Waals surface area contributed by atoms with Crippen molar-refractivity contribution in [3.63, 3.8) is 0 Å². The van der Waals surface area contributed by atoms with Crippen molar-refractivity contribution >= 4 is 47.3 Å². The summed E-state index contributed by atoms with van der Waals surface area (Å²) in [5, 5.41) is 4.13. The van der Waals surface area contributed by atoms with Crippen molar-refractivity contribution in [3.05, 3.63) is 109 Å². The number of ether oxygens (including phenoxy) is 4. The van der Waals surface area contributed by atoms with Gasteiger partial charge in [-0.1, -0.05) is 0 Å². The van der Waals surface area contributed by atoms with E-state index in [1.54, 1.807) is 32.7 Å². The fourth-order valence-electron chi connectivity index (χ4n) is 6.33. The van der Waals surface area contributed by atoms with Gasteiger partial charge in [0.15, 0.2) is 5.75 Å². The summed E-state index contributed by atoms with van der Waals surface area (Å²) in [6, 6.07) is 36.7. The molecule has 288 valence electrons. The van der Waals surface area contributed by atoms with Gasteiger partial charge in [0.05, 0.1) is 0 Å². The van der Waals surface area contributed by atoms with Crippen LogP contribution in [0.4, 0.5) is 9.59 Å². The molecule has 4 rings (SSSR count). The molecule has 0 saturated heterocycles. The molecule has 0 saturated carbocycles. The number of hydrogen-bond acceptors (Lipinski definition) is 8. The van der Waals surface area contributed by atoms with Crippen molar-refractivity contribution in [2.45, 2.75) is 65.9 Å². The van der Waals surface area contributed by atoms with Crippen molar-refractivity contribution in [2.75, 3.05) is 32.8 Å². The molecule has 0 heterocycles. The second-order valence-electron chi connectivity index (χ2n) is 14.2. The monoisotopic (exact) mass is 756 g/mol. The van der Waals surface area contributed by atoms with Crippen molar-refractivity contribution in [1.29, 1.82) is 0 Å². The van der Waals surface area contributed by atoms with Crippen LogP contribution in [0.25, 0.3) is 0 Å². The average Bonchev–Trinajstić information content (AvgIpc) is 3.13. The molecule has 0 atom stereocenters. The van der Waals surface area contributed by atoms with Crippen LogP contribution in [0.5, 0.6) is 17.2 Å². The van der Waals surface area contributed by atoms with Crippen LogP contribution in [0, 0.1) is 0 Å². The predicted molar refractivity (Wildman–Crippen MR) is 215 cm³/mol. The third kappa shape index (κ3) is 12.2. The van der Waals surface area contributed by atoms with E-state index in [2.05, 4.69) is 91.0 Å². The molecule has 10 nitrogen and oxygen atoms in total. The number of benzene rings is 4. The van der Waals surface area contributed by atoms with Crippen LogP contribution >= 0.6 is 7.26 Å². The third-order valence-corrected chi connectivity index (χ3v) is 13.9. The molecule has 54 heavy (non-hydrogen) atoms. The topological polar surface area (TPSA) is 112 Å². The van der Waals surface area contributed by atoms with Gasteiger partial charge in [-0.3, -0.25) is 9.59 Å². The molecule has 0 unspecified atom stereocenters. The Bertz CT molecular complexity index is 1730. The van der Waals surface area contributed by atoms with Gasteiger partial charge in [-0.2, -0.15) is 0 Å². The molecule has 0 radical (unpaired) electrons. The van der Waals surface area contributed by atoms with Gasteiger partial charge < -0.3 is 9.47 Å². The van der Waals surface area contributed by atoms with Crippen LogP contribution in [0.15, 0.2) is 109 Å². The second-order valence-corrected chi connectivity index (χ2v) is 18.3. The summed E-state index contributed by atoms with van der Waals surface area (Å²) < 4.78 is 21.6. The molecule has 0 aromatic heterocycles. The quantitative estimate of drug-likeness (QED) is 0.0501. The Morgan fingerprint density at radius 3 is 1.57 bits per heavy atom. The molecule has 0 N–H and O–H groups in total. The Kier molecular flexibility index (Phi) is 15.2. The molecule has 0 aliphatic carbocycles. The number of rotatable bonds is 16. The number of unbranched alkanes of at least 4 members (excludes halogenated alkanes) is 3. The fraction of sp³-hybridized carbons (Fsp3) is 0.349. The second kappa shape index (κ2) is 19.7. The molecule has 2 amide bonds. The van der Waals surface area contributed by atoms with Gasteiger partial charge in [0, 0.05) is 13.8 Å². The standard InChI is InChI=1S/C43H53N2O8P/c1-33(46)50-39-27-26-35(32-40(39)51-34(2)47)52-42(49)45(30-29-44(6)41(48)53-43(3,4)5)28-18-7-8-19-31-54(36-20-12-9-13-21-36,37-22-14-10-15-23-37)38-24-16-11-17-25-38/h9-17,20-27,32,54H,7-8,18-19,28-31H2,1-6H3. The number of carbonyl (C=O) groups is 4. The molecule has 0 fully saturated rings. The van der Waals surface area contributed by atoms with Crippen LogP contribution in [-0.4, -0.2) is 72.4 Å². The maximum absolute atomic E-state index is 13.6. The van der Waals surface area contributed by atoms with Crippen molar-refractivity contribution in [3.8, 4) is 17.2 Å². The Hall–Kier alpha value is -5.21. The molecule has 0 aliphatic rings. The van der Waals surface area contributed by atoms with E-state index < -0.39 is 37.0 Å². The Morgan fingerprint density at radius 2 is 1.07 bits per heavy atom. The number of likely N-dealkylation sites (N-methyl/N-ethyl adjacent to an activating group) is 1. The fourth-order valence-corrected chi connectivity index (χ4v) is 11.3. The van der Waals surface area contributed by atoms with E-state index in [4.69, 9.17) is 18.9 Å². The molecule has 4 aromatic rings.